The molecule has 1 aliphatic heterocycles. The van der Waals surface area contributed by atoms with Gasteiger partial charge in [0, 0.05) is 6.04 Å². The van der Waals surface area contributed by atoms with Gasteiger partial charge in [0.2, 0.25) is 0 Å². The lowest BCUT2D eigenvalue weighted by atomic mass is 9.69. The third-order valence-electron chi connectivity index (χ3n) is 7.87. The van der Waals surface area contributed by atoms with Crippen LogP contribution in [0.1, 0.15) is 86.4 Å². The van der Waals surface area contributed by atoms with Gasteiger partial charge in [-0.25, -0.2) is 0 Å². The maximum absolute atomic E-state index is 4.12. The summed E-state index contributed by atoms with van der Waals surface area (Å²) in [5.41, 5.74) is 14.5. The Morgan fingerprint density at radius 1 is 1.12 bits per heavy atom. The fraction of sp³-hybridized carbons (Fsp3) is 0.438. The highest BCUT2D eigenvalue weighted by molar-refractivity contribution is 6.56. The molecule has 4 rings (SSSR count). The Bertz CT molecular complexity index is 1110. The van der Waals surface area contributed by atoms with Crippen LogP contribution in [0.2, 0.25) is 0 Å². The van der Waals surface area contributed by atoms with Crippen LogP contribution < -0.4 is 5.32 Å². The zero-order chi connectivity index (χ0) is 24.4. The average molecular weight is 452 g/mol. The van der Waals surface area contributed by atoms with Gasteiger partial charge in [0.15, 0.2) is 7.28 Å². The van der Waals surface area contributed by atoms with Crippen LogP contribution in [0.3, 0.4) is 0 Å². The molecule has 0 aromatic heterocycles. The molecule has 1 fully saturated rings. The van der Waals surface area contributed by atoms with Crippen molar-refractivity contribution in [3.63, 3.8) is 0 Å². The highest BCUT2D eigenvalue weighted by Gasteiger charge is 2.33. The number of benzene rings is 2. The third kappa shape index (κ3) is 5.33. The van der Waals surface area contributed by atoms with E-state index >= 15 is 0 Å². The molecule has 2 unspecified atom stereocenters. The summed E-state index contributed by atoms with van der Waals surface area (Å²) in [7, 11) is 1.16. The Morgan fingerprint density at radius 2 is 1.82 bits per heavy atom. The van der Waals surface area contributed by atoms with Gasteiger partial charge >= 0.3 is 0 Å². The third-order valence-corrected chi connectivity index (χ3v) is 7.87. The van der Waals surface area contributed by atoms with E-state index in [0.29, 0.717) is 12.0 Å². The van der Waals surface area contributed by atoms with Crippen molar-refractivity contribution in [1.29, 1.82) is 0 Å². The van der Waals surface area contributed by atoms with Crippen molar-refractivity contribution >= 4 is 18.4 Å². The topological polar surface area (TPSA) is 12.0 Å². The van der Waals surface area contributed by atoms with E-state index in [4.69, 9.17) is 0 Å². The summed E-state index contributed by atoms with van der Waals surface area (Å²) in [4.78, 5) is 0. The summed E-state index contributed by atoms with van der Waals surface area (Å²) in [5, 5.41) is 3.87. The van der Waals surface area contributed by atoms with Crippen molar-refractivity contribution in [1.82, 2.24) is 5.32 Å². The van der Waals surface area contributed by atoms with Gasteiger partial charge in [-0.1, -0.05) is 73.4 Å². The minimum Gasteiger partial charge on any atom is -0.310 e. The zero-order valence-corrected chi connectivity index (χ0v) is 22.2. The van der Waals surface area contributed by atoms with E-state index in [2.05, 4.69) is 95.8 Å². The van der Waals surface area contributed by atoms with Crippen molar-refractivity contribution in [2.75, 3.05) is 6.54 Å². The number of hydrogen-bond donors (Lipinski definition) is 1. The first-order valence-electron chi connectivity index (χ1n) is 13.3. The lowest BCUT2D eigenvalue weighted by Crippen LogP contribution is -2.25. The molecular formula is C32H42BN. The second-order valence-electron chi connectivity index (χ2n) is 10.9. The Labute approximate surface area is 208 Å². The van der Waals surface area contributed by atoms with Gasteiger partial charge in [-0.2, -0.15) is 0 Å². The fourth-order valence-corrected chi connectivity index (χ4v) is 5.72. The zero-order valence-electron chi connectivity index (χ0n) is 22.2. The van der Waals surface area contributed by atoms with E-state index < -0.39 is 0 Å². The SMILES string of the molecule is C=C(C)c1ccc(C(C)NCC(C)CC2=C(C3CC3)BC=C2c2c(C)cccc2C)c(CC)c1. The first-order valence-corrected chi connectivity index (χ1v) is 13.3. The molecule has 0 spiro atoms. The van der Waals surface area contributed by atoms with Gasteiger partial charge < -0.3 is 5.32 Å². The van der Waals surface area contributed by atoms with Crippen LogP contribution in [0, 0.1) is 25.7 Å². The molecule has 2 aromatic rings. The molecule has 34 heavy (non-hydrogen) atoms. The van der Waals surface area contributed by atoms with Crippen LogP contribution in [-0.4, -0.2) is 13.8 Å². The molecule has 1 saturated carbocycles. The van der Waals surface area contributed by atoms with Crippen molar-refractivity contribution in [3.8, 4) is 0 Å². The lowest BCUT2D eigenvalue weighted by molar-refractivity contribution is 0.468. The van der Waals surface area contributed by atoms with Gasteiger partial charge in [-0.05, 0) is 111 Å². The van der Waals surface area contributed by atoms with E-state index in [-0.39, 0.29) is 0 Å². The molecule has 0 saturated heterocycles. The highest BCUT2D eigenvalue weighted by atomic mass is 14.9. The van der Waals surface area contributed by atoms with Crippen LogP contribution in [0.4, 0.5) is 0 Å². The Balaban J connectivity index is 1.47. The maximum Gasteiger partial charge on any atom is 0.179 e. The van der Waals surface area contributed by atoms with Crippen molar-refractivity contribution < 1.29 is 0 Å². The maximum atomic E-state index is 4.12. The van der Waals surface area contributed by atoms with Crippen LogP contribution in [0.25, 0.3) is 11.1 Å². The monoisotopic (exact) mass is 451 g/mol. The predicted octanol–water partition coefficient (Wildman–Crippen LogP) is 7.73. The Hall–Kier alpha value is -2.32. The van der Waals surface area contributed by atoms with Crippen molar-refractivity contribution in [3.05, 3.63) is 93.4 Å². The van der Waals surface area contributed by atoms with E-state index in [1.807, 2.05) is 0 Å². The molecule has 2 heteroatoms. The summed E-state index contributed by atoms with van der Waals surface area (Å²) in [6.07, 6.45) is 4.99. The van der Waals surface area contributed by atoms with Crippen molar-refractivity contribution in [2.24, 2.45) is 11.8 Å². The molecule has 0 amide bonds. The number of aryl methyl sites for hydroxylation is 3. The minimum atomic E-state index is 0.352. The molecule has 1 nitrogen and oxygen atoms in total. The molecule has 1 N–H and O–H groups in total. The summed E-state index contributed by atoms with van der Waals surface area (Å²) < 4.78 is 0. The summed E-state index contributed by atoms with van der Waals surface area (Å²) in [5.74, 6) is 3.96. The molecule has 178 valence electrons. The normalized spacial score (nSPS) is 17.4. The number of hydrogen-bond acceptors (Lipinski definition) is 1. The Kier molecular flexibility index (Phi) is 7.68. The summed E-state index contributed by atoms with van der Waals surface area (Å²) in [6, 6.07) is 13.9. The predicted molar refractivity (Wildman–Crippen MR) is 152 cm³/mol. The summed E-state index contributed by atoms with van der Waals surface area (Å²) in [6.45, 7) is 18.8. The second kappa shape index (κ2) is 10.5. The first kappa shape index (κ1) is 24.8. The van der Waals surface area contributed by atoms with E-state index in [1.54, 1.807) is 11.0 Å². The van der Waals surface area contributed by atoms with Gasteiger partial charge in [0.1, 0.15) is 0 Å². The van der Waals surface area contributed by atoms with Crippen molar-refractivity contribution in [2.45, 2.75) is 73.3 Å². The van der Waals surface area contributed by atoms with Gasteiger partial charge in [0.05, 0.1) is 0 Å². The average Bonchev–Trinajstić information content (AvgIpc) is 3.58. The molecular weight excluding hydrogens is 409 g/mol. The van der Waals surface area contributed by atoms with Gasteiger partial charge in [0.25, 0.3) is 0 Å². The number of rotatable bonds is 10. The molecule has 2 aromatic carbocycles. The van der Waals surface area contributed by atoms with Gasteiger partial charge in [-0.15, -0.1) is 5.98 Å². The molecule has 2 atom stereocenters. The van der Waals surface area contributed by atoms with E-state index in [0.717, 1.165) is 31.7 Å². The van der Waals surface area contributed by atoms with Crippen LogP contribution >= 0.6 is 0 Å². The second-order valence-corrected chi connectivity index (χ2v) is 10.9. The minimum absolute atomic E-state index is 0.352. The lowest BCUT2D eigenvalue weighted by Gasteiger charge is -2.23. The number of allylic oxidation sites excluding steroid dienone is 4. The fourth-order valence-electron chi connectivity index (χ4n) is 5.72. The first-order chi connectivity index (χ1) is 16.3. The van der Waals surface area contributed by atoms with E-state index in [9.17, 15) is 0 Å². The Morgan fingerprint density at radius 3 is 2.44 bits per heavy atom. The van der Waals surface area contributed by atoms with Crippen LogP contribution in [0.5, 0.6) is 0 Å². The smallest absolute Gasteiger partial charge is 0.179 e. The standard InChI is InChI=1S/C32H42BN/c1-8-25-17-27(20(2)3)14-15-28(25)24(7)34-19-21(4)16-29-30(18-33-32(29)26-12-13-26)31-22(5)10-9-11-23(31)6/h9-11,14-15,17-18,21,24,26,33-34H,2,8,12-13,16,19H2,1,3-7H3. The molecule has 1 heterocycles. The largest absolute Gasteiger partial charge is 0.310 e. The molecule has 1 aliphatic carbocycles. The van der Waals surface area contributed by atoms with Gasteiger partial charge in [-0.3, -0.25) is 0 Å². The van der Waals surface area contributed by atoms with Crippen LogP contribution in [0.15, 0.2) is 60.0 Å². The van der Waals surface area contributed by atoms with Crippen LogP contribution in [-0.2, 0) is 6.42 Å². The van der Waals surface area contributed by atoms with E-state index in [1.165, 1.54) is 58.2 Å². The quantitative estimate of drug-likeness (QED) is 0.365. The number of nitrogens with one attached hydrogen (secondary N) is 1. The highest BCUT2D eigenvalue weighted by Crippen LogP contribution is 2.46. The summed E-state index contributed by atoms with van der Waals surface area (Å²) >= 11 is 0. The molecule has 0 bridgehead atoms. The molecule has 0 radical (unpaired) electrons. The molecule has 2 aliphatic rings.